The van der Waals surface area contributed by atoms with Crippen LogP contribution < -0.4 is 4.74 Å². The molecule has 1 aromatic rings. The first kappa shape index (κ1) is 7.41. The predicted molar refractivity (Wildman–Crippen MR) is 49.2 cm³/mol. The molecule has 1 heterocycles. The van der Waals surface area contributed by atoms with E-state index in [2.05, 4.69) is 19.6 Å². The average Bonchev–Trinajstić information content (AvgIpc) is 2.04. The minimum atomic E-state index is 0.544. The summed E-state index contributed by atoms with van der Waals surface area (Å²) in [6.07, 6.45) is 0.941. The molecular weight excluding hydrogens is 148 g/mol. The molecule has 0 aromatic heterocycles. The zero-order chi connectivity index (χ0) is 8.55. The summed E-state index contributed by atoms with van der Waals surface area (Å²) in [6.45, 7) is 6.04. The van der Waals surface area contributed by atoms with Gasteiger partial charge in [0.1, 0.15) is 5.75 Å². The summed E-state index contributed by atoms with van der Waals surface area (Å²) in [7, 11) is 0. The van der Waals surface area contributed by atoms with Crippen molar-refractivity contribution >= 4 is 0 Å². The van der Waals surface area contributed by atoms with E-state index in [1.54, 1.807) is 0 Å². The summed E-state index contributed by atoms with van der Waals surface area (Å²) in [5.74, 6) is 2.39. The molecule has 0 amide bonds. The van der Waals surface area contributed by atoms with Crippen LogP contribution in [0, 0.1) is 0 Å². The molecule has 0 N–H and O–H groups in total. The largest absolute Gasteiger partial charge is 0.462 e. The van der Waals surface area contributed by atoms with E-state index in [9.17, 15) is 0 Å². The van der Waals surface area contributed by atoms with E-state index < -0.39 is 0 Å². The molecule has 1 aliphatic heterocycles. The average molecular weight is 160 g/mol. The van der Waals surface area contributed by atoms with E-state index in [0.717, 1.165) is 17.9 Å². The van der Waals surface area contributed by atoms with Crippen LogP contribution in [0.2, 0.25) is 0 Å². The van der Waals surface area contributed by atoms with Gasteiger partial charge in [0.2, 0.25) is 0 Å². The summed E-state index contributed by atoms with van der Waals surface area (Å²) in [6, 6.07) is 8.15. The number of hydrogen-bond acceptors (Lipinski definition) is 1. The summed E-state index contributed by atoms with van der Waals surface area (Å²) < 4.78 is 5.51. The van der Waals surface area contributed by atoms with Crippen molar-refractivity contribution in [2.75, 3.05) is 0 Å². The first-order valence-electron chi connectivity index (χ1n) is 4.22. The molecule has 0 spiro atoms. The van der Waals surface area contributed by atoms with Gasteiger partial charge in [0.15, 0.2) is 0 Å². The molecule has 62 valence electrons. The van der Waals surface area contributed by atoms with Gasteiger partial charge in [0.05, 0.1) is 5.76 Å². The van der Waals surface area contributed by atoms with Crippen molar-refractivity contribution in [1.29, 1.82) is 0 Å². The lowest BCUT2D eigenvalue weighted by Gasteiger charge is -2.23. The van der Waals surface area contributed by atoms with Gasteiger partial charge in [-0.25, -0.2) is 0 Å². The fourth-order valence-corrected chi connectivity index (χ4v) is 1.63. The molecule has 0 saturated heterocycles. The molecule has 1 aliphatic rings. The molecule has 1 atom stereocenters. The highest BCUT2D eigenvalue weighted by molar-refractivity contribution is 5.39. The van der Waals surface area contributed by atoms with Crippen LogP contribution in [0.15, 0.2) is 36.6 Å². The Bertz CT molecular complexity index is 315. The van der Waals surface area contributed by atoms with Gasteiger partial charge in [-0.05, 0) is 17.5 Å². The van der Waals surface area contributed by atoms with Gasteiger partial charge in [-0.2, -0.15) is 0 Å². The van der Waals surface area contributed by atoms with Gasteiger partial charge in [-0.3, -0.25) is 0 Å². The molecule has 0 saturated carbocycles. The highest BCUT2D eigenvalue weighted by Gasteiger charge is 2.18. The Morgan fingerprint density at radius 2 is 2.17 bits per heavy atom. The van der Waals surface area contributed by atoms with E-state index >= 15 is 0 Å². The van der Waals surface area contributed by atoms with E-state index in [-0.39, 0.29) is 0 Å². The zero-order valence-corrected chi connectivity index (χ0v) is 7.21. The minimum absolute atomic E-state index is 0.544. The van der Waals surface area contributed by atoms with Crippen molar-refractivity contribution in [2.45, 2.75) is 19.3 Å². The molecule has 1 aromatic carbocycles. The van der Waals surface area contributed by atoms with Gasteiger partial charge < -0.3 is 4.74 Å². The Morgan fingerprint density at radius 1 is 1.42 bits per heavy atom. The third-order valence-corrected chi connectivity index (χ3v) is 2.24. The lowest BCUT2D eigenvalue weighted by molar-refractivity contribution is 0.362. The normalized spacial score (nSPS) is 21.4. The Hall–Kier alpha value is -1.24. The third kappa shape index (κ3) is 1.11. The molecular formula is C11H12O. The summed E-state index contributed by atoms with van der Waals surface area (Å²) >= 11 is 0. The lowest BCUT2D eigenvalue weighted by Crippen LogP contribution is -2.08. The van der Waals surface area contributed by atoms with Crippen LogP contribution in [0.25, 0.3) is 0 Å². The van der Waals surface area contributed by atoms with Crippen LogP contribution in [0.4, 0.5) is 0 Å². The second-order valence-corrected chi connectivity index (χ2v) is 3.28. The van der Waals surface area contributed by atoms with Crippen LogP contribution in [0.3, 0.4) is 0 Å². The van der Waals surface area contributed by atoms with Crippen LogP contribution in [0.1, 0.15) is 24.8 Å². The summed E-state index contributed by atoms with van der Waals surface area (Å²) in [5.41, 5.74) is 1.30. The van der Waals surface area contributed by atoms with E-state index in [1.807, 2.05) is 18.2 Å². The quantitative estimate of drug-likeness (QED) is 0.566. The van der Waals surface area contributed by atoms with Crippen LogP contribution in [-0.2, 0) is 0 Å². The number of benzene rings is 1. The fraction of sp³-hybridized carbons (Fsp3) is 0.273. The van der Waals surface area contributed by atoms with Crippen molar-refractivity contribution in [2.24, 2.45) is 0 Å². The number of para-hydroxylation sites is 1. The first-order valence-corrected chi connectivity index (χ1v) is 4.22. The van der Waals surface area contributed by atoms with Gasteiger partial charge in [0, 0.05) is 6.42 Å². The van der Waals surface area contributed by atoms with Crippen LogP contribution in [-0.4, -0.2) is 0 Å². The predicted octanol–water partition coefficient (Wildman–Crippen LogP) is 3.09. The highest BCUT2D eigenvalue weighted by Crippen LogP contribution is 2.36. The van der Waals surface area contributed by atoms with Gasteiger partial charge >= 0.3 is 0 Å². The third-order valence-electron chi connectivity index (χ3n) is 2.24. The molecule has 2 rings (SSSR count). The van der Waals surface area contributed by atoms with Crippen LogP contribution >= 0.6 is 0 Å². The van der Waals surface area contributed by atoms with Crippen molar-refractivity contribution < 1.29 is 4.74 Å². The Morgan fingerprint density at radius 3 is 3.00 bits per heavy atom. The monoisotopic (exact) mass is 160 g/mol. The summed E-state index contributed by atoms with van der Waals surface area (Å²) in [4.78, 5) is 0. The molecule has 0 radical (unpaired) electrons. The summed E-state index contributed by atoms with van der Waals surface area (Å²) in [5, 5.41) is 0. The second kappa shape index (κ2) is 2.67. The number of allylic oxidation sites excluding steroid dienone is 1. The topological polar surface area (TPSA) is 9.23 Å². The fourth-order valence-electron chi connectivity index (χ4n) is 1.63. The molecule has 0 fully saturated rings. The lowest BCUT2D eigenvalue weighted by atomic mass is 9.94. The van der Waals surface area contributed by atoms with E-state index in [0.29, 0.717) is 5.92 Å². The Balaban J connectivity index is 2.47. The number of hydrogen-bond donors (Lipinski definition) is 0. The number of rotatable bonds is 0. The highest BCUT2D eigenvalue weighted by atomic mass is 16.5. The second-order valence-electron chi connectivity index (χ2n) is 3.28. The number of ether oxygens (including phenoxy) is 1. The van der Waals surface area contributed by atoms with E-state index in [1.165, 1.54) is 5.56 Å². The van der Waals surface area contributed by atoms with Crippen molar-refractivity contribution in [3.63, 3.8) is 0 Å². The first-order chi connectivity index (χ1) is 5.77. The van der Waals surface area contributed by atoms with Gasteiger partial charge in [-0.15, -0.1) is 0 Å². The van der Waals surface area contributed by atoms with Gasteiger partial charge in [-0.1, -0.05) is 31.7 Å². The Labute approximate surface area is 72.7 Å². The van der Waals surface area contributed by atoms with E-state index in [4.69, 9.17) is 4.74 Å². The molecule has 1 heteroatoms. The van der Waals surface area contributed by atoms with Gasteiger partial charge in [0.25, 0.3) is 0 Å². The number of fused-ring (bicyclic) bond motifs is 1. The minimum Gasteiger partial charge on any atom is -0.462 e. The maximum atomic E-state index is 5.51. The van der Waals surface area contributed by atoms with Crippen molar-refractivity contribution in [1.82, 2.24) is 0 Å². The molecule has 0 bridgehead atoms. The smallest absolute Gasteiger partial charge is 0.130 e. The van der Waals surface area contributed by atoms with Crippen molar-refractivity contribution in [3.8, 4) is 5.75 Å². The molecule has 12 heavy (non-hydrogen) atoms. The maximum Gasteiger partial charge on any atom is 0.130 e. The molecule has 0 aliphatic carbocycles. The standard InChI is InChI=1S/C11H12O/c1-8-7-9(2)12-11-6-4-3-5-10(8)11/h3-6,8H,2,7H2,1H3. The zero-order valence-electron chi connectivity index (χ0n) is 7.21. The molecule has 1 nitrogen and oxygen atoms in total. The van der Waals surface area contributed by atoms with Crippen molar-refractivity contribution in [3.05, 3.63) is 42.2 Å². The SMILES string of the molecule is C=C1CC(C)c2ccccc2O1. The maximum absolute atomic E-state index is 5.51. The Kier molecular flexibility index (Phi) is 1.65. The van der Waals surface area contributed by atoms with Crippen LogP contribution in [0.5, 0.6) is 5.75 Å². The molecule has 1 unspecified atom stereocenters.